The topological polar surface area (TPSA) is 38.7 Å². The molecule has 9 aromatic rings. The lowest BCUT2D eigenvalue weighted by atomic mass is 9.94. The standard InChI is InChI=1S/C49H35N3Si/c1-53(2)43-21-11-20-42(46(43)45-41-18-9-7-15-35(41)30-31-44(45)53)49-51-47(37-26-22-33(23-27-37)32-12-4-3-5-13-32)50-48(52-49)38-28-24-36(25-29-38)40-19-10-16-34-14-6-8-17-39(34)40/h3-31H,1-2H3. The highest BCUT2D eigenvalue weighted by Gasteiger charge is 2.40. The van der Waals surface area contributed by atoms with E-state index in [-0.39, 0.29) is 0 Å². The van der Waals surface area contributed by atoms with Crippen molar-refractivity contribution < 1.29 is 0 Å². The molecule has 0 radical (unpaired) electrons. The summed E-state index contributed by atoms with van der Waals surface area (Å²) in [5.74, 6) is 2.01. The molecule has 0 spiro atoms. The van der Waals surface area contributed by atoms with Crippen molar-refractivity contribution in [3.05, 3.63) is 176 Å². The first-order chi connectivity index (χ1) is 26.0. The highest BCUT2D eigenvalue weighted by Crippen LogP contribution is 2.40. The summed E-state index contributed by atoms with van der Waals surface area (Å²) in [5, 5.41) is 7.90. The monoisotopic (exact) mass is 693 g/mol. The van der Waals surface area contributed by atoms with E-state index in [2.05, 4.69) is 183 Å². The zero-order chi connectivity index (χ0) is 35.5. The smallest absolute Gasteiger partial charge is 0.164 e. The molecule has 1 aliphatic heterocycles. The van der Waals surface area contributed by atoms with Crippen molar-refractivity contribution in [3.63, 3.8) is 0 Å². The molecule has 3 nitrogen and oxygen atoms in total. The Morgan fingerprint density at radius 3 is 1.53 bits per heavy atom. The highest BCUT2D eigenvalue weighted by atomic mass is 28.3. The molecule has 0 aliphatic carbocycles. The van der Waals surface area contributed by atoms with E-state index in [1.807, 2.05) is 6.07 Å². The summed E-state index contributed by atoms with van der Waals surface area (Å²) in [6, 6.07) is 62.9. The molecule has 53 heavy (non-hydrogen) atoms. The zero-order valence-electron chi connectivity index (χ0n) is 29.6. The van der Waals surface area contributed by atoms with E-state index in [0.29, 0.717) is 17.5 Å². The molecule has 10 rings (SSSR count). The molecule has 0 unspecified atom stereocenters. The van der Waals surface area contributed by atoms with Crippen molar-refractivity contribution in [2.75, 3.05) is 0 Å². The van der Waals surface area contributed by atoms with Gasteiger partial charge in [-0.15, -0.1) is 0 Å². The summed E-state index contributed by atoms with van der Waals surface area (Å²) in [5.41, 5.74) is 10.3. The fraction of sp³-hybridized carbons (Fsp3) is 0.0408. The summed E-state index contributed by atoms with van der Waals surface area (Å²) < 4.78 is 0. The SMILES string of the molecule is C[Si]1(C)c2cccc(-c3nc(-c4ccc(-c5ccccc5)cc4)nc(-c4ccc(-c5cccc6ccccc56)cc4)n3)c2-c2c1ccc1ccccc21. The second-order valence-electron chi connectivity index (χ2n) is 14.4. The van der Waals surface area contributed by atoms with Crippen LogP contribution in [0.25, 0.3) is 89.1 Å². The maximum Gasteiger partial charge on any atom is 0.164 e. The second kappa shape index (κ2) is 12.3. The van der Waals surface area contributed by atoms with Crippen LogP contribution in [0.2, 0.25) is 13.1 Å². The maximum absolute atomic E-state index is 5.29. The van der Waals surface area contributed by atoms with Crippen molar-refractivity contribution in [1.29, 1.82) is 0 Å². The lowest BCUT2D eigenvalue weighted by Gasteiger charge is -2.19. The van der Waals surface area contributed by atoms with Gasteiger partial charge >= 0.3 is 0 Å². The summed E-state index contributed by atoms with van der Waals surface area (Å²) >= 11 is 0. The van der Waals surface area contributed by atoms with Gasteiger partial charge in [0.15, 0.2) is 17.5 Å². The number of hydrogen-bond acceptors (Lipinski definition) is 3. The van der Waals surface area contributed by atoms with Crippen LogP contribution in [0.15, 0.2) is 176 Å². The molecule has 0 amide bonds. The lowest BCUT2D eigenvalue weighted by molar-refractivity contribution is 1.07. The molecule has 1 aromatic heterocycles. The normalized spacial score (nSPS) is 12.9. The molecule has 0 bridgehead atoms. The predicted octanol–water partition coefficient (Wildman–Crippen LogP) is 11.3. The molecule has 0 saturated heterocycles. The summed E-state index contributed by atoms with van der Waals surface area (Å²) in [6.45, 7) is 4.93. The van der Waals surface area contributed by atoms with Crippen LogP contribution in [0.3, 0.4) is 0 Å². The Hall–Kier alpha value is -6.49. The highest BCUT2D eigenvalue weighted by molar-refractivity contribution is 7.04. The molecule has 4 heteroatoms. The average molecular weight is 694 g/mol. The number of aromatic nitrogens is 3. The molecule has 0 N–H and O–H groups in total. The van der Waals surface area contributed by atoms with Crippen molar-refractivity contribution >= 4 is 40.0 Å². The van der Waals surface area contributed by atoms with Gasteiger partial charge in [0.2, 0.25) is 0 Å². The van der Waals surface area contributed by atoms with Crippen molar-refractivity contribution in [1.82, 2.24) is 15.0 Å². The Bertz CT molecular complexity index is 2840. The maximum atomic E-state index is 5.29. The lowest BCUT2D eigenvalue weighted by Crippen LogP contribution is -2.49. The number of nitrogens with zero attached hydrogens (tertiary/aromatic N) is 3. The van der Waals surface area contributed by atoms with E-state index in [0.717, 1.165) is 27.8 Å². The minimum atomic E-state index is -1.99. The van der Waals surface area contributed by atoms with E-state index < -0.39 is 8.07 Å². The van der Waals surface area contributed by atoms with Crippen LogP contribution in [-0.2, 0) is 0 Å². The number of benzene rings is 8. The van der Waals surface area contributed by atoms with Crippen molar-refractivity contribution in [2.45, 2.75) is 13.1 Å². The third-order valence-electron chi connectivity index (χ3n) is 11.0. The van der Waals surface area contributed by atoms with E-state index in [4.69, 9.17) is 15.0 Å². The third kappa shape index (κ3) is 5.22. The quantitative estimate of drug-likeness (QED) is 0.168. The van der Waals surface area contributed by atoms with Crippen LogP contribution in [0.5, 0.6) is 0 Å². The van der Waals surface area contributed by atoms with Crippen LogP contribution in [0.4, 0.5) is 0 Å². The van der Waals surface area contributed by atoms with Gasteiger partial charge in [0.05, 0.1) is 0 Å². The van der Waals surface area contributed by atoms with Gasteiger partial charge in [0.25, 0.3) is 0 Å². The molecule has 0 saturated carbocycles. The Morgan fingerprint density at radius 2 is 0.811 bits per heavy atom. The van der Waals surface area contributed by atoms with E-state index in [1.165, 1.54) is 54.2 Å². The Labute approximate surface area is 310 Å². The van der Waals surface area contributed by atoms with E-state index in [1.54, 1.807) is 0 Å². The Morgan fingerprint density at radius 1 is 0.321 bits per heavy atom. The first kappa shape index (κ1) is 31.3. The van der Waals surface area contributed by atoms with E-state index >= 15 is 0 Å². The number of fused-ring (bicyclic) bond motifs is 6. The van der Waals surface area contributed by atoms with Gasteiger partial charge in [0.1, 0.15) is 8.07 Å². The summed E-state index contributed by atoms with van der Waals surface area (Å²) in [4.78, 5) is 15.7. The van der Waals surface area contributed by atoms with Crippen LogP contribution in [0.1, 0.15) is 0 Å². The van der Waals surface area contributed by atoms with Gasteiger partial charge in [-0.25, -0.2) is 15.0 Å². The molecule has 0 fully saturated rings. The van der Waals surface area contributed by atoms with Crippen LogP contribution >= 0.6 is 0 Å². The van der Waals surface area contributed by atoms with Crippen LogP contribution in [-0.4, -0.2) is 23.0 Å². The molecular weight excluding hydrogens is 659 g/mol. The Kier molecular flexibility index (Phi) is 7.27. The second-order valence-corrected chi connectivity index (χ2v) is 18.7. The molecule has 250 valence electrons. The third-order valence-corrected chi connectivity index (χ3v) is 14.5. The van der Waals surface area contributed by atoms with Gasteiger partial charge < -0.3 is 0 Å². The van der Waals surface area contributed by atoms with Gasteiger partial charge in [-0.05, 0) is 65.3 Å². The fourth-order valence-electron chi connectivity index (χ4n) is 8.21. The van der Waals surface area contributed by atoms with Gasteiger partial charge in [0, 0.05) is 16.7 Å². The molecule has 2 heterocycles. The molecule has 0 atom stereocenters. The molecular formula is C49H35N3Si. The first-order valence-corrected chi connectivity index (χ1v) is 21.2. The summed E-state index contributed by atoms with van der Waals surface area (Å²) in [6.07, 6.45) is 0. The minimum Gasteiger partial charge on any atom is -0.208 e. The minimum absolute atomic E-state index is 0.659. The number of hydrogen-bond donors (Lipinski definition) is 0. The van der Waals surface area contributed by atoms with Gasteiger partial charge in [-0.1, -0.05) is 189 Å². The van der Waals surface area contributed by atoms with Gasteiger partial charge in [-0.2, -0.15) is 0 Å². The Balaban J connectivity index is 1.16. The largest absolute Gasteiger partial charge is 0.208 e. The zero-order valence-corrected chi connectivity index (χ0v) is 30.6. The van der Waals surface area contributed by atoms with Crippen molar-refractivity contribution in [2.24, 2.45) is 0 Å². The first-order valence-electron chi connectivity index (χ1n) is 18.2. The van der Waals surface area contributed by atoms with Crippen LogP contribution in [0, 0.1) is 0 Å². The fourth-order valence-corrected chi connectivity index (χ4v) is 11.3. The molecule has 8 aromatic carbocycles. The van der Waals surface area contributed by atoms with Crippen LogP contribution < -0.4 is 10.4 Å². The number of rotatable bonds is 5. The molecule has 1 aliphatic rings. The average Bonchev–Trinajstić information content (AvgIpc) is 3.47. The van der Waals surface area contributed by atoms with E-state index in [9.17, 15) is 0 Å². The van der Waals surface area contributed by atoms with Crippen molar-refractivity contribution in [3.8, 4) is 67.5 Å². The summed E-state index contributed by atoms with van der Waals surface area (Å²) in [7, 11) is -1.99. The van der Waals surface area contributed by atoms with Gasteiger partial charge in [-0.3, -0.25) is 0 Å². The predicted molar refractivity (Wildman–Crippen MR) is 224 cm³/mol.